The van der Waals surface area contributed by atoms with Crippen LogP contribution in [-0.2, 0) is 4.74 Å². The molecule has 0 radical (unpaired) electrons. The predicted octanol–water partition coefficient (Wildman–Crippen LogP) is 4.13. The molecule has 1 aromatic carbocycles. The van der Waals surface area contributed by atoms with Crippen LogP contribution in [-0.4, -0.2) is 19.3 Å². The van der Waals surface area contributed by atoms with E-state index in [1.807, 2.05) is 19.1 Å². The predicted molar refractivity (Wildman–Crippen MR) is 80.4 cm³/mol. The highest BCUT2D eigenvalue weighted by molar-refractivity contribution is 5.26. The van der Waals surface area contributed by atoms with Gasteiger partial charge in [-0.1, -0.05) is 24.6 Å². The summed E-state index contributed by atoms with van der Waals surface area (Å²) in [5, 5.41) is 3.41. The minimum Gasteiger partial charge on any atom is -0.378 e. The molecule has 0 aromatic heterocycles. The highest BCUT2D eigenvalue weighted by atomic mass is 19.1. The summed E-state index contributed by atoms with van der Waals surface area (Å²) in [5.41, 5.74) is 1.92. The van der Waals surface area contributed by atoms with Gasteiger partial charge < -0.3 is 10.1 Å². The fourth-order valence-corrected chi connectivity index (χ4v) is 2.97. The van der Waals surface area contributed by atoms with Gasteiger partial charge in [-0.05, 0) is 51.6 Å². The minimum absolute atomic E-state index is 0.0985. The molecule has 0 bridgehead atoms. The summed E-state index contributed by atoms with van der Waals surface area (Å²) >= 11 is 0. The third-order valence-corrected chi connectivity index (χ3v) is 4.02. The molecule has 1 heterocycles. The number of hydrogen-bond acceptors (Lipinski definition) is 2. The largest absolute Gasteiger partial charge is 0.378 e. The van der Waals surface area contributed by atoms with Crippen LogP contribution in [0.1, 0.15) is 56.2 Å². The first-order valence-electron chi connectivity index (χ1n) is 7.81. The van der Waals surface area contributed by atoms with Gasteiger partial charge in [-0.25, -0.2) is 4.39 Å². The Labute approximate surface area is 121 Å². The lowest BCUT2D eigenvalue weighted by Crippen LogP contribution is -2.22. The van der Waals surface area contributed by atoms with Gasteiger partial charge in [0, 0.05) is 18.2 Å². The average molecular weight is 279 g/mol. The van der Waals surface area contributed by atoms with Crippen molar-refractivity contribution in [1.29, 1.82) is 0 Å². The van der Waals surface area contributed by atoms with Crippen molar-refractivity contribution < 1.29 is 9.13 Å². The Balaban J connectivity index is 1.93. The quantitative estimate of drug-likeness (QED) is 0.810. The lowest BCUT2D eigenvalue weighted by Gasteiger charge is -2.20. The SMILES string of the molecule is CCNC(CCCC1CCCO1)c1cc(C)ccc1F. The van der Waals surface area contributed by atoms with Crippen molar-refractivity contribution in [1.82, 2.24) is 5.32 Å². The molecule has 1 saturated heterocycles. The molecule has 1 aromatic rings. The summed E-state index contributed by atoms with van der Waals surface area (Å²) in [5.74, 6) is -0.0985. The monoisotopic (exact) mass is 279 g/mol. The van der Waals surface area contributed by atoms with E-state index in [2.05, 4.69) is 12.2 Å². The Kier molecular flexibility index (Phi) is 5.99. The second-order valence-electron chi connectivity index (χ2n) is 5.70. The molecular formula is C17H26FNO. The molecular weight excluding hydrogens is 253 g/mol. The maximum atomic E-state index is 14.0. The van der Waals surface area contributed by atoms with Crippen molar-refractivity contribution in [2.24, 2.45) is 0 Å². The van der Waals surface area contributed by atoms with E-state index in [-0.39, 0.29) is 11.9 Å². The molecule has 0 spiro atoms. The number of ether oxygens (including phenoxy) is 1. The van der Waals surface area contributed by atoms with E-state index in [1.54, 1.807) is 6.07 Å². The van der Waals surface area contributed by atoms with Gasteiger partial charge in [-0.2, -0.15) is 0 Å². The highest BCUT2D eigenvalue weighted by Crippen LogP contribution is 2.25. The van der Waals surface area contributed by atoms with Crippen LogP contribution >= 0.6 is 0 Å². The summed E-state index contributed by atoms with van der Waals surface area (Å²) in [7, 11) is 0. The molecule has 2 nitrogen and oxygen atoms in total. The summed E-state index contributed by atoms with van der Waals surface area (Å²) < 4.78 is 19.7. The summed E-state index contributed by atoms with van der Waals surface area (Å²) in [4.78, 5) is 0. The molecule has 2 rings (SSSR count). The van der Waals surface area contributed by atoms with Crippen LogP contribution in [0.3, 0.4) is 0 Å². The number of rotatable bonds is 7. The Morgan fingerprint density at radius 3 is 3.00 bits per heavy atom. The Hall–Kier alpha value is -0.930. The molecule has 0 aliphatic carbocycles. The van der Waals surface area contributed by atoms with Crippen LogP contribution in [0.15, 0.2) is 18.2 Å². The first kappa shape index (κ1) is 15.5. The zero-order valence-electron chi connectivity index (χ0n) is 12.6. The van der Waals surface area contributed by atoms with Gasteiger partial charge in [0.25, 0.3) is 0 Å². The molecule has 3 heteroatoms. The average Bonchev–Trinajstić information content (AvgIpc) is 2.94. The van der Waals surface area contributed by atoms with E-state index in [9.17, 15) is 4.39 Å². The maximum absolute atomic E-state index is 14.0. The minimum atomic E-state index is -0.0985. The molecule has 112 valence electrons. The fourth-order valence-electron chi connectivity index (χ4n) is 2.97. The highest BCUT2D eigenvalue weighted by Gasteiger charge is 2.18. The zero-order valence-corrected chi connectivity index (χ0v) is 12.6. The molecule has 0 amide bonds. The molecule has 1 fully saturated rings. The van der Waals surface area contributed by atoms with Crippen molar-refractivity contribution in [3.05, 3.63) is 35.1 Å². The van der Waals surface area contributed by atoms with Gasteiger partial charge >= 0.3 is 0 Å². The first-order chi connectivity index (χ1) is 9.70. The number of aryl methyl sites for hydroxylation is 1. The first-order valence-corrected chi connectivity index (χ1v) is 7.81. The van der Waals surface area contributed by atoms with Crippen molar-refractivity contribution >= 4 is 0 Å². The topological polar surface area (TPSA) is 21.3 Å². The third kappa shape index (κ3) is 4.29. The Bertz CT molecular complexity index is 415. The number of hydrogen-bond donors (Lipinski definition) is 1. The number of halogens is 1. The van der Waals surface area contributed by atoms with E-state index in [0.29, 0.717) is 6.10 Å². The summed E-state index contributed by atoms with van der Waals surface area (Å²) in [6.45, 7) is 5.85. The molecule has 2 unspecified atom stereocenters. The second-order valence-corrected chi connectivity index (χ2v) is 5.70. The smallest absolute Gasteiger partial charge is 0.127 e. The van der Waals surface area contributed by atoms with Crippen LogP contribution < -0.4 is 5.32 Å². The number of nitrogens with one attached hydrogen (secondary N) is 1. The van der Waals surface area contributed by atoms with Crippen LogP contribution in [0.4, 0.5) is 4.39 Å². The van der Waals surface area contributed by atoms with Gasteiger partial charge in [-0.3, -0.25) is 0 Å². The van der Waals surface area contributed by atoms with Gasteiger partial charge in [-0.15, -0.1) is 0 Å². The Morgan fingerprint density at radius 2 is 2.30 bits per heavy atom. The van der Waals surface area contributed by atoms with E-state index < -0.39 is 0 Å². The van der Waals surface area contributed by atoms with E-state index in [1.165, 1.54) is 12.8 Å². The lowest BCUT2D eigenvalue weighted by atomic mass is 9.97. The molecule has 1 aliphatic rings. The normalized spacial score (nSPS) is 20.2. The van der Waals surface area contributed by atoms with Crippen molar-refractivity contribution in [2.75, 3.05) is 13.2 Å². The molecule has 2 atom stereocenters. The molecule has 20 heavy (non-hydrogen) atoms. The van der Waals surface area contributed by atoms with Crippen LogP contribution in [0.5, 0.6) is 0 Å². The fraction of sp³-hybridized carbons (Fsp3) is 0.647. The van der Waals surface area contributed by atoms with Crippen LogP contribution in [0, 0.1) is 12.7 Å². The standard InChI is InChI=1S/C17H26FNO/c1-3-19-17(8-4-6-14-7-5-11-20-14)15-12-13(2)9-10-16(15)18/h9-10,12,14,17,19H,3-8,11H2,1-2H3. The third-order valence-electron chi connectivity index (χ3n) is 4.02. The van der Waals surface area contributed by atoms with Gasteiger partial charge in [0.05, 0.1) is 6.10 Å². The van der Waals surface area contributed by atoms with Crippen molar-refractivity contribution in [3.8, 4) is 0 Å². The van der Waals surface area contributed by atoms with Crippen LogP contribution in [0.2, 0.25) is 0 Å². The van der Waals surface area contributed by atoms with E-state index >= 15 is 0 Å². The number of benzene rings is 1. The zero-order chi connectivity index (χ0) is 14.4. The summed E-state index contributed by atoms with van der Waals surface area (Å²) in [6.07, 6.45) is 5.94. The van der Waals surface area contributed by atoms with Gasteiger partial charge in [0.1, 0.15) is 5.82 Å². The van der Waals surface area contributed by atoms with Gasteiger partial charge in [0.15, 0.2) is 0 Å². The van der Waals surface area contributed by atoms with Crippen LogP contribution in [0.25, 0.3) is 0 Å². The van der Waals surface area contributed by atoms with Crippen molar-refractivity contribution in [3.63, 3.8) is 0 Å². The van der Waals surface area contributed by atoms with E-state index in [0.717, 1.165) is 43.5 Å². The lowest BCUT2D eigenvalue weighted by molar-refractivity contribution is 0.101. The second kappa shape index (κ2) is 7.75. The molecule has 1 aliphatic heterocycles. The summed E-state index contributed by atoms with van der Waals surface area (Å²) in [6, 6.07) is 5.49. The molecule has 0 saturated carbocycles. The maximum Gasteiger partial charge on any atom is 0.127 e. The molecule has 1 N–H and O–H groups in total. The Morgan fingerprint density at radius 1 is 1.45 bits per heavy atom. The van der Waals surface area contributed by atoms with Gasteiger partial charge in [0.2, 0.25) is 0 Å². The van der Waals surface area contributed by atoms with Crippen molar-refractivity contribution in [2.45, 2.75) is 58.1 Å². The van der Waals surface area contributed by atoms with E-state index in [4.69, 9.17) is 4.74 Å².